The SMILES string of the molecule is CC1(CNCc2nccs2)CCCCN1. The molecule has 4 heteroatoms. The quantitative estimate of drug-likeness (QED) is 0.820. The van der Waals surface area contributed by atoms with Crippen LogP contribution in [0.25, 0.3) is 0 Å². The van der Waals surface area contributed by atoms with Gasteiger partial charge in [-0.2, -0.15) is 0 Å². The Hall–Kier alpha value is -0.450. The molecule has 15 heavy (non-hydrogen) atoms. The Bertz CT molecular complexity index is 278. The van der Waals surface area contributed by atoms with E-state index in [2.05, 4.69) is 22.5 Å². The van der Waals surface area contributed by atoms with E-state index in [1.165, 1.54) is 24.3 Å². The molecule has 0 bridgehead atoms. The van der Waals surface area contributed by atoms with Crippen molar-refractivity contribution >= 4 is 11.3 Å². The van der Waals surface area contributed by atoms with Crippen LogP contribution in [-0.4, -0.2) is 23.6 Å². The molecule has 3 nitrogen and oxygen atoms in total. The highest BCUT2D eigenvalue weighted by atomic mass is 32.1. The third-order valence-electron chi connectivity index (χ3n) is 2.98. The average Bonchev–Trinajstić information content (AvgIpc) is 2.71. The van der Waals surface area contributed by atoms with Crippen LogP contribution in [0.4, 0.5) is 0 Å². The highest BCUT2D eigenvalue weighted by molar-refractivity contribution is 7.09. The highest BCUT2D eigenvalue weighted by Gasteiger charge is 2.25. The van der Waals surface area contributed by atoms with Gasteiger partial charge in [0.25, 0.3) is 0 Å². The van der Waals surface area contributed by atoms with Crippen LogP contribution in [0.2, 0.25) is 0 Å². The summed E-state index contributed by atoms with van der Waals surface area (Å²) in [6.07, 6.45) is 5.81. The highest BCUT2D eigenvalue weighted by Crippen LogP contribution is 2.17. The lowest BCUT2D eigenvalue weighted by Gasteiger charge is -2.35. The lowest BCUT2D eigenvalue weighted by molar-refractivity contribution is 0.267. The molecule has 2 rings (SSSR count). The first kappa shape index (κ1) is 11.0. The maximum absolute atomic E-state index is 4.26. The zero-order valence-corrected chi connectivity index (χ0v) is 10.1. The molecule has 1 aromatic rings. The monoisotopic (exact) mass is 225 g/mol. The zero-order valence-electron chi connectivity index (χ0n) is 9.25. The van der Waals surface area contributed by atoms with Crippen molar-refractivity contribution in [1.82, 2.24) is 15.6 Å². The molecular formula is C11H19N3S. The van der Waals surface area contributed by atoms with E-state index < -0.39 is 0 Å². The van der Waals surface area contributed by atoms with Gasteiger partial charge >= 0.3 is 0 Å². The van der Waals surface area contributed by atoms with E-state index in [4.69, 9.17) is 0 Å². The van der Waals surface area contributed by atoms with E-state index in [1.807, 2.05) is 11.6 Å². The second-order valence-corrected chi connectivity index (χ2v) is 5.45. The number of nitrogens with zero attached hydrogens (tertiary/aromatic N) is 1. The maximum atomic E-state index is 4.26. The summed E-state index contributed by atoms with van der Waals surface area (Å²) >= 11 is 1.71. The molecule has 2 heterocycles. The molecule has 1 unspecified atom stereocenters. The third kappa shape index (κ3) is 3.26. The van der Waals surface area contributed by atoms with E-state index in [0.29, 0.717) is 0 Å². The second-order valence-electron chi connectivity index (χ2n) is 4.47. The standard InChI is InChI=1S/C11H19N3S/c1-11(4-2-3-5-14-11)9-12-8-10-13-6-7-15-10/h6-7,12,14H,2-5,8-9H2,1H3. The number of piperidine rings is 1. The van der Waals surface area contributed by atoms with Gasteiger partial charge in [0, 0.05) is 30.2 Å². The van der Waals surface area contributed by atoms with Gasteiger partial charge in [-0.05, 0) is 26.3 Å². The summed E-state index contributed by atoms with van der Waals surface area (Å²) < 4.78 is 0. The first-order valence-corrected chi connectivity index (χ1v) is 6.51. The molecule has 0 spiro atoms. The molecule has 0 radical (unpaired) electrons. The van der Waals surface area contributed by atoms with E-state index >= 15 is 0 Å². The summed E-state index contributed by atoms with van der Waals surface area (Å²) in [5, 5.41) is 10.3. The van der Waals surface area contributed by atoms with Crippen molar-refractivity contribution in [3.63, 3.8) is 0 Å². The molecule has 1 aromatic heterocycles. The van der Waals surface area contributed by atoms with Gasteiger partial charge in [-0.3, -0.25) is 0 Å². The first-order valence-electron chi connectivity index (χ1n) is 5.63. The Labute approximate surface area is 95.3 Å². The Morgan fingerprint density at radius 3 is 3.20 bits per heavy atom. The topological polar surface area (TPSA) is 37.0 Å². The number of thiazole rings is 1. The van der Waals surface area contributed by atoms with Crippen LogP contribution in [0.1, 0.15) is 31.2 Å². The Kier molecular flexibility index (Phi) is 3.72. The van der Waals surface area contributed by atoms with E-state index in [-0.39, 0.29) is 5.54 Å². The molecule has 0 saturated carbocycles. The lowest BCUT2D eigenvalue weighted by atomic mass is 9.91. The second kappa shape index (κ2) is 5.05. The molecule has 1 fully saturated rings. The fraction of sp³-hybridized carbons (Fsp3) is 0.727. The van der Waals surface area contributed by atoms with Crippen molar-refractivity contribution in [1.29, 1.82) is 0 Å². The van der Waals surface area contributed by atoms with Crippen LogP contribution in [0.15, 0.2) is 11.6 Å². The van der Waals surface area contributed by atoms with E-state index in [1.54, 1.807) is 11.3 Å². The minimum atomic E-state index is 0.287. The van der Waals surface area contributed by atoms with Crippen molar-refractivity contribution < 1.29 is 0 Å². The number of nitrogens with one attached hydrogen (secondary N) is 2. The van der Waals surface area contributed by atoms with E-state index in [0.717, 1.165) is 19.6 Å². The average molecular weight is 225 g/mol. The van der Waals surface area contributed by atoms with Crippen molar-refractivity contribution in [2.75, 3.05) is 13.1 Å². The fourth-order valence-corrected chi connectivity index (χ4v) is 2.64. The molecule has 0 amide bonds. The van der Waals surface area contributed by atoms with Crippen molar-refractivity contribution in [3.8, 4) is 0 Å². The van der Waals surface area contributed by atoms with Crippen molar-refractivity contribution in [3.05, 3.63) is 16.6 Å². The smallest absolute Gasteiger partial charge is 0.106 e. The van der Waals surface area contributed by atoms with Crippen LogP contribution in [0.3, 0.4) is 0 Å². The Morgan fingerprint density at radius 2 is 2.53 bits per heavy atom. The van der Waals surface area contributed by atoms with E-state index in [9.17, 15) is 0 Å². The molecule has 0 aromatic carbocycles. The van der Waals surface area contributed by atoms with Gasteiger partial charge in [-0.25, -0.2) is 4.98 Å². The molecule has 1 saturated heterocycles. The Morgan fingerprint density at radius 1 is 1.60 bits per heavy atom. The summed E-state index contributed by atoms with van der Waals surface area (Å²) in [6.45, 7) is 5.40. The summed E-state index contributed by atoms with van der Waals surface area (Å²) in [6, 6.07) is 0. The summed E-state index contributed by atoms with van der Waals surface area (Å²) in [5.74, 6) is 0. The first-order chi connectivity index (χ1) is 7.29. The molecule has 1 atom stereocenters. The summed E-state index contributed by atoms with van der Waals surface area (Å²) in [7, 11) is 0. The van der Waals surface area contributed by atoms with Gasteiger partial charge in [0.2, 0.25) is 0 Å². The summed E-state index contributed by atoms with van der Waals surface area (Å²) in [4.78, 5) is 4.26. The predicted molar refractivity (Wildman–Crippen MR) is 64.1 cm³/mol. The maximum Gasteiger partial charge on any atom is 0.106 e. The largest absolute Gasteiger partial charge is 0.310 e. The molecule has 0 aliphatic carbocycles. The number of rotatable bonds is 4. The number of aromatic nitrogens is 1. The molecule has 2 N–H and O–H groups in total. The van der Waals surface area contributed by atoms with Crippen molar-refractivity contribution in [2.45, 2.75) is 38.3 Å². The molecular weight excluding hydrogens is 206 g/mol. The van der Waals surface area contributed by atoms with Gasteiger partial charge in [0.05, 0.1) is 0 Å². The minimum absolute atomic E-state index is 0.287. The van der Waals surface area contributed by atoms with Gasteiger partial charge in [-0.15, -0.1) is 11.3 Å². The lowest BCUT2D eigenvalue weighted by Crippen LogP contribution is -2.52. The van der Waals surface area contributed by atoms with Crippen LogP contribution in [0, 0.1) is 0 Å². The normalized spacial score (nSPS) is 26.7. The molecule has 84 valence electrons. The minimum Gasteiger partial charge on any atom is -0.310 e. The predicted octanol–water partition coefficient (Wildman–Crippen LogP) is 1.76. The van der Waals surface area contributed by atoms with Gasteiger partial charge in [-0.1, -0.05) is 6.42 Å². The van der Waals surface area contributed by atoms with Gasteiger partial charge < -0.3 is 10.6 Å². The molecule has 1 aliphatic heterocycles. The fourth-order valence-electron chi connectivity index (χ4n) is 2.06. The Balaban J connectivity index is 1.72. The number of hydrogen-bond acceptors (Lipinski definition) is 4. The van der Waals surface area contributed by atoms with Crippen LogP contribution < -0.4 is 10.6 Å². The number of hydrogen-bond donors (Lipinski definition) is 2. The van der Waals surface area contributed by atoms with Gasteiger partial charge in [0.15, 0.2) is 0 Å². The third-order valence-corrected chi connectivity index (χ3v) is 3.76. The zero-order chi connectivity index (χ0) is 10.6. The van der Waals surface area contributed by atoms with Crippen LogP contribution >= 0.6 is 11.3 Å². The van der Waals surface area contributed by atoms with Crippen molar-refractivity contribution in [2.24, 2.45) is 0 Å². The summed E-state index contributed by atoms with van der Waals surface area (Å²) in [5.41, 5.74) is 0.287. The molecule has 1 aliphatic rings. The van der Waals surface area contributed by atoms with Crippen LogP contribution in [0.5, 0.6) is 0 Å². The van der Waals surface area contributed by atoms with Gasteiger partial charge in [0.1, 0.15) is 5.01 Å². The van der Waals surface area contributed by atoms with Crippen LogP contribution in [-0.2, 0) is 6.54 Å².